The van der Waals surface area contributed by atoms with Gasteiger partial charge in [0.25, 0.3) is 0 Å². The molecule has 0 aromatic carbocycles. The smallest absolute Gasteiger partial charge is 0.223 e. The summed E-state index contributed by atoms with van der Waals surface area (Å²) >= 11 is 0. The van der Waals surface area contributed by atoms with Gasteiger partial charge >= 0.3 is 0 Å². The zero-order valence-electron chi connectivity index (χ0n) is 9.43. The number of carbonyl (C=O) groups is 1. The number of hydrogen-bond acceptors (Lipinski definition) is 1. The third-order valence-electron chi connectivity index (χ3n) is 3.61. The first-order valence-corrected chi connectivity index (χ1v) is 6.32. The summed E-state index contributed by atoms with van der Waals surface area (Å²) in [5, 5.41) is 3.05. The van der Waals surface area contributed by atoms with Crippen molar-refractivity contribution in [3.63, 3.8) is 0 Å². The molecule has 1 fully saturated rings. The molecule has 1 N–H and O–H groups in total. The van der Waals surface area contributed by atoms with Crippen LogP contribution in [0.1, 0.15) is 51.4 Å². The van der Waals surface area contributed by atoms with Crippen molar-refractivity contribution in [3.8, 4) is 0 Å². The Morgan fingerprint density at radius 3 is 2.80 bits per heavy atom. The van der Waals surface area contributed by atoms with Crippen LogP contribution in [0.5, 0.6) is 0 Å². The predicted octanol–water partition coefficient (Wildman–Crippen LogP) is 2.79. The third kappa shape index (κ3) is 3.08. The fourth-order valence-corrected chi connectivity index (χ4v) is 2.29. The predicted molar refractivity (Wildman–Crippen MR) is 61.5 cm³/mol. The number of allylic oxidation sites excluding steroid dienone is 1. The van der Waals surface area contributed by atoms with Crippen LogP contribution in [-0.2, 0) is 4.79 Å². The second kappa shape index (κ2) is 5.34. The molecule has 0 heterocycles. The minimum atomic E-state index is 0.289. The molecule has 15 heavy (non-hydrogen) atoms. The maximum absolute atomic E-state index is 11.5. The lowest BCUT2D eigenvalue weighted by Crippen LogP contribution is -2.35. The molecule has 0 bridgehead atoms. The Morgan fingerprint density at radius 2 is 2.20 bits per heavy atom. The fraction of sp³-hybridized carbons (Fsp3) is 0.769. The number of rotatable bonds is 4. The molecule has 0 aromatic heterocycles. The molecular weight excluding hydrogens is 186 g/mol. The van der Waals surface area contributed by atoms with E-state index < -0.39 is 0 Å². The van der Waals surface area contributed by atoms with Gasteiger partial charge in [-0.2, -0.15) is 0 Å². The van der Waals surface area contributed by atoms with Gasteiger partial charge in [-0.25, -0.2) is 0 Å². The van der Waals surface area contributed by atoms with Gasteiger partial charge in [-0.3, -0.25) is 4.79 Å². The standard InChI is InChI=1S/C13H21NO/c15-13(12-7-4-8-12)14-10-9-11-5-2-1-3-6-11/h5,12H,1-4,6-10H2,(H,14,15). The summed E-state index contributed by atoms with van der Waals surface area (Å²) in [5.41, 5.74) is 1.55. The highest BCUT2D eigenvalue weighted by molar-refractivity contribution is 5.79. The Labute approximate surface area is 92.1 Å². The van der Waals surface area contributed by atoms with Crippen LogP contribution in [0.3, 0.4) is 0 Å². The quantitative estimate of drug-likeness (QED) is 0.706. The molecular formula is C13H21NO. The summed E-state index contributed by atoms with van der Waals surface area (Å²) in [6.45, 7) is 0.848. The molecule has 0 spiro atoms. The average molecular weight is 207 g/mol. The van der Waals surface area contributed by atoms with E-state index in [0.717, 1.165) is 25.8 Å². The topological polar surface area (TPSA) is 29.1 Å². The maximum atomic E-state index is 11.5. The summed E-state index contributed by atoms with van der Waals surface area (Å²) < 4.78 is 0. The lowest BCUT2D eigenvalue weighted by Gasteiger charge is -2.24. The third-order valence-corrected chi connectivity index (χ3v) is 3.61. The minimum Gasteiger partial charge on any atom is -0.356 e. The molecule has 0 aliphatic heterocycles. The van der Waals surface area contributed by atoms with E-state index in [0.29, 0.717) is 5.92 Å². The van der Waals surface area contributed by atoms with Crippen LogP contribution >= 0.6 is 0 Å². The van der Waals surface area contributed by atoms with Crippen molar-refractivity contribution in [2.75, 3.05) is 6.54 Å². The minimum absolute atomic E-state index is 0.289. The first kappa shape index (κ1) is 10.7. The van der Waals surface area contributed by atoms with Crippen molar-refractivity contribution in [2.45, 2.75) is 51.4 Å². The van der Waals surface area contributed by atoms with Gasteiger partial charge in [-0.05, 0) is 44.9 Å². The van der Waals surface area contributed by atoms with Crippen LogP contribution in [0.25, 0.3) is 0 Å². The van der Waals surface area contributed by atoms with Gasteiger partial charge < -0.3 is 5.32 Å². The highest BCUT2D eigenvalue weighted by Gasteiger charge is 2.24. The molecule has 84 valence electrons. The maximum Gasteiger partial charge on any atom is 0.223 e. The molecule has 2 aliphatic carbocycles. The van der Waals surface area contributed by atoms with Crippen molar-refractivity contribution >= 4 is 5.91 Å². The number of amides is 1. The largest absolute Gasteiger partial charge is 0.356 e. The van der Waals surface area contributed by atoms with Crippen molar-refractivity contribution in [3.05, 3.63) is 11.6 Å². The van der Waals surface area contributed by atoms with Crippen molar-refractivity contribution in [1.82, 2.24) is 5.32 Å². The molecule has 1 saturated carbocycles. The lowest BCUT2D eigenvalue weighted by molar-refractivity contribution is -0.127. The molecule has 2 rings (SSSR count). The van der Waals surface area contributed by atoms with Gasteiger partial charge in [0.1, 0.15) is 0 Å². The molecule has 0 saturated heterocycles. The van der Waals surface area contributed by atoms with E-state index in [9.17, 15) is 4.79 Å². The Hall–Kier alpha value is -0.790. The molecule has 2 aliphatic rings. The Morgan fingerprint density at radius 1 is 1.33 bits per heavy atom. The van der Waals surface area contributed by atoms with Crippen LogP contribution in [0.15, 0.2) is 11.6 Å². The first-order chi connectivity index (χ1) is 7.36. The SMILES string of the molecule is O=C(NCCC1=CCCCC1)C1CCC1. The van der Waals surface area contributed by atoms with Gasteiger partial charge in [-0.1, -0.05) is 18.1 Å². The van der Waals surface area contributed by atoms with Gasteiger partial charge in [-0.15, -0.1) is 0 Å². The van der Waals surface area contributed by atoms with E-state index in [1.807, 2.05) is 0 Å². The van der Waals surface area contributed by atoms with Gasteiger partial charge in [0.2, 0.25) is 5.91 Å². The summed E-state index contributed by atoms with van der Waals surface area (Å²) in [5.74, 6) is 0.628. The molecule has 2 nitrogen and oxygen atoms in total. The van der Waals surface area contributed by atoms with E-state index in [-0.39, 0.29) is 5.91 Å². The summed E-state index contributed by atoms with van der Waals surface area (Å²) in [6, 6.07) is 0. The highest BCUT2D eigenvalue weighted by Crippen LogP contribution is 2.26. The van der Waals surface area contributed by atoms with E-state index in [1.165, 1.54) is 32.1 Å². The first-order valence-electron chi connectivity index (χ1n) is 6.32. The van der Waals surface area contributed by atoms with Gasteiger partial charge in [0.05, 0.1) is 0 Å². The molecule has 2 heteroatoms. The monoisotopic (exact) mass is 207 g/mol. The number of nitrogens with one attached hydrogen (secondary N) is 1. The van der Waals surface area contributed by atoms with Crippen LogP contribution in [0.2, 0.25) is 0 Å². The molecule has 0 atom stereocenters. The van der Waals surface area contributed by atoms with Crippen LogP contribution in [0, 0.1) is 5.92 Å². The Bertz CT molecular complexity index is 253. The molecule has 0 radical (unpaired) electrons. The van der Waals surface area contributed by atoms with Crippen LogP contribution in [-0.4, -0.2) is 12.5 Å². The second-order valence-corrected chi connectivity index (χ2v) is 4.78. The molecule has 0 aromatic rings. The van der Waals surface area contributed by atoms with Gasteiger partial charge in [0.15, 0.2) is 0 Å². The Kier molecular flexibility index (Phi) is 3.81. The zero-order chi connectivity index (χ0) is 10.5. The lowest BCUT2D eigenvalue weighted by atomic mass is 9.85. The van der Waals surface area contributed by atoms with Crippen molar-refractivity contribution < 1.29 is 4.79 Å². The van der Waals surface area contributed by atoms with Crippen LogP contribution in [0.4, 0.5) is 0 Å². The van der Waals surface area contributed by atoms with Crippen molar-refractivity contribution in [1.29, 1.82) is 0 Å². The van der Waals surface area contributed by atoms with E-state index >= 15 is 0 Å². The fourth-order valence-electron chi connectivity index (χ4n) is 2.29. The normalized spacial score (nSPS) is 21.7. The van der Waals surface area contributed by atoms with E-state index in [1.54, 1.807) is 5.57 Å². The molecule has 0 unspecified atom stereocenters. The van der Waals surface area contributed by atoms with Crippen LogP contribution < -0.4 is 5.32 Å². The number of hydrogen-bond donors (Lipinski definition) is 1. The van der Waals surface area contributed by atoms with Crippen molar-refractivity contribution in [2.24, 2.45) is 5.92 Å². The summed E-state index contributed by atoms with van der Waals surface area (Å²) in [4.78, 5) is 11.5. The molecule has 1 amide bonds. The van der Waals surface area contributed by atoms with E-state index in [2.05, 4.69) is 11.4 Å². The number of carbonyl (C=O) groups excluding carboxylic acids is 1. The Balaban J connectivity index is 1.61. The zero-order valence-corrected chi connectivity index (χ0v) is 9.43. The highest BCUT2D eigenvalue weighted by atomic mass is 16.1. The summed E-state index contributed by atoms with van der Waals surface area (Å²) in [6.07, 6.45) is 12.1. The summed E-state index contributed by atoms with van der Waals surface area (Å²) in [7, 11) is 0. The van der Waals surface area contributed by atoms with E-state index in [4.69, 9.17) is 0 Å². The second-order valence-electron chi connectivity index (χ2n) is 4.78. The van der Waals surface area contributed by atoms with Gasteiger partial charge in [0, 0.05) is 12.5 Å². The average Bonchev–Trinajstić information content (AvgIpc) is 2.16.